The number of nitrogens with one attached hydrogen (secondary N) is 2. The number of hydrogen-bond acceptors (Lipinski definition) is 2. The van der Waals surface area contributed by atoms with Crippen LogP contribution in [0, 0.1) is 5.41 Å². The van der Waals surface area contributed by atoms with Gasteiger partial charge < -0.3 is 10.6 Å². The first kappa shape index (κ1) is 10.5. The second-order valence-corrected chi connectivity index (χ2v) is 4.21. The van der Waals surface area contributed by atoms with Crippen LogP contribution in [0.5, 0.6) is 0 Å². The summed E-state index contributed by atoms with van der Waals surface area (Å²) in [6.45, 7) is 7.52. The van der Waals surface area contributed by atoms with Gasteiger partial charge in [0.1, 0.15) is 0 Å². The number of carbonyl (C=O) groups excluding carboxylic acids is 1. The number of amides is 1. The topological polar surface area (TPSA) is 41.1 Å². The highest BCUT2D eigenvalue weighted by molar-refractivity contribution is 5.77. The Morgan fingerprint density at radius 2 is 2.15 bits per heavy atom. The van der Waals surface area contributed by atoms with Gasteiger partial charge in [-0.3, -0.25) is 4.79 Å². The zero-order valence-corrected chi connectivity index (χ0v) is 8.81. The standard InChI is InChI=1S/C10H20N2O/c1-4-11-9(13)7-12-8(2)10(3)5-6-10/h8,12H,4-7H2,1-3H3,(H,11,13). The molecule has 13 heavy (non-hydrogen) atoms. The highest BCUT2D eigenvalue weighted by atomic mass is 16.1. The SMILES string of the molecule is CCNC(=O)CNC(C)C1(C)CC1. The molecule has 0 aliphatic heterocycles. The fourth-order valence-corrected chi connectivity index (χ4v) is 1.38. The Morgan fingerprint density at radius 3 is 2.62 bits per heavy atom. The van der Waals surface area contributed by atoms with Crippen LogP contribution in [0.25, 0.3) is 0 Å². The van der Waals surface area contributed by atoms with Gasteiger partial charge in [-0.1, -0.05) is 6.92 Å². The van der Waals surface area contributed by atoms with Gasteiger partial charge in [0.15, 0.2) is 0 Å². The summed E-state index contributed by atoms with van der Waals surface area (Å²) in [6.07, 6.45) is 2.58. The van der Waals surface area contributed by atoms with Crippen molar-refractivity contribution in [1.82, 2.24) is 10.6 Å². The predicted octanol–water partition coefficient (Wildman–Crippen LogP) is 0.901. The van der Waals surface area contributed by atoms with Crippen molar-refractivity contribution in [3.8, 4) is 0 Å². The average molecular weight is 184 g/mol. The number of hydrogen-bond donors (Lipinski definition) is 2. The lowest BCUT2D eigenvalue weighted by atomic mass is 10.0. The summed E-state index contributed by atoms with van der Waals surface area (Å²) in [7, 11) is 0. The molecule has 1 aliphatic rings. The average Bonchev–Trinajstić information content (AvgIpc) is 2.81. The van der Waals surface area contributed by atoms with Gasteiger partial charge in [-0.15, -0.1) is 0 Å². The van der Waals surface area contributed by atoms with Gasteiger partial charge >= 0.3 is 0 Å². The fraction of sp³-hybridized carbons (Fsp3) is 0.900. The van der Waals surface area contributed by atoms with E-state index in [1.807, 2.05) is 6.92 Å². The molecule has 0 heterocycles. The van der Waals surface area contributed by atoms with Crippen molar-refractivity contribution in [3.05, 3.63) is 0 Å². The van der Waals surface area contributed by atoms with Crippen molar-refractivity contribution in [2.45, 2.75) is 39.7 Å². The van der Waals surface area contributed by atoms with Crippen LogP contribution in [-0.2, 0) is 4.79 Å². The largest absolute Gasteiger partial charge is 0.355 e. The monoisotopic (exact) mass is 184 g/mol. The quantitative estimate of drug-likeness (QED) is 0.666. The van der Waals surface area contributed by atoms with E-state index in [0.29, 0.717) is 24.5 Å². The van der Waals surface area contributed by atoms with Gasteiger partial charge in [0.25, 0.3) is 0 Å². The van der Waals surface area contributed by atoms with E-state index in [2.05, 4.69) is 24.5 Å². The summed E-state index contributed by atoms with van der Waals surface area (Å²) < 4.78 is 0. The second-order valence-electron chi connectivity index (χ2n) is 4.21. The van der Waals surface area contributed by atoms with E-state index < -0.39 is 0 Å². The molecule has 1 fully saturated rings. The van der Waals surface area contributed by atoms with E-state index in [1.54, 1.807) is 0 Å². The molecule has 0 aromatic carbocycles. The molecule has 1 amide bonds. The molecule has 1 aliphatic carbocycles. The third-order valence-corrected chi connectivity index (χ3v) is 3.03. The van der Waals surface area contributed by atoms with Crippen LogP contribution >= 0.6 is 0 Å². The zero-order chi connectivity index (χ0) is 9.90. The van der Waals surface area contributed by atoms with Gasteiger partial charge in [0, 0.05) is 12.6 Å². The van der Waals surface area contributed by atoms with Crippen LogP contribution in [0.1, 0.15) is 33.6 Å². The second kappa shape index (κ2) is 4.09. The first-order valence-electron chi connectivity index (χ1n) is 5.08. The lowest BCUT2D eigenvalue weighted by Crippen LogP contribution is -2.41. The van der Waals surface area contributed by atoms with Crippen molar-refractivity contribution < 1.29 is 4.79 Å². The first-order valence-corrected chi connectivity index (χ1v) is 5.08. The maximum Gasteiger partial charge on any atom is 0.233 e. The third-order valence-electron chi connectivity index (χ3n) is 3.03. The Labute approximate surface area is 80.3 Å². The minimum Gasteiger partial charge on any atom is -0.355 e. The lowest BCUT2D eigenvalue weighted by molar-refractivity contribution is -0.120. The minimum atomic E-state index is 0.0959. The van der Waals surface area contributed by atoms with Crippen LogP contribution in [-0.4, -0.2) is 25.0 Å². The molecular formula is C10H20N2O. The van der Waals surface area contributed by atoms with Gasteiger partial charge in [-0.2, -0.15) is 0 Å². The summed E-state index contributed by atoms with van der Waals surface area (Å²) in [5, 5.41) is 6.03. The van der Waals surface area contributed by atoms with E-state index in [4.69, 9.17) is 0 Å². The maximum atomic E-state index is 11.1. The van der Waals surface area contributed by atoms with E-state index >= 15 is 0 Å². The van der Waals surface area contributed by atoms with Crippen LogP contribution in [0.2, 0.25) is 0 Å². The van der Waals surface area contributed by atoms with Crippen LogP contribution in [0.3, 0.4) is 0 Å². The van der Waals surface area contributed by atoms with Crippen molar-refractivity contribution >= 4 is 5.91 Å². The van der Waals surface area contributed by atoms with Gasteiger partial charge in [0.05, 0.1) is 6.54 Å². The van der Waals surface area contributed by atoms with Crippen molar-refractivity contribution in [2.24, 2.45) is 5.41 Å². The van der Waals surface area contributed by atoms with Gasteiger partial charge in [-0.05, 0) is 32.1 Å². The summed E-state index contributed by atoms with van der Waals surface area (Å²) in [5.41, 5.74) is 0.451. The molecule has 3 nitrogen and oxygen atoms in total. The van der Waals surface area contributed by atoms with Gasteiger partial charge in [0.2, 0.25) is 5.91 Å². The molecule has 2 N–H and O–H groups in total. The summed E-state index contributed by atoms with van der Waals surface area (Å²) in [6, 6.07) is 0.454. The normalized spacial score (nSPS) is 20.8. The Balaban J connectivity index is 2.15. The predicted molar refractivity (Wildman–Crippen MR) is 53.5 cm³/mol. The van der Waals surface area contributed by atoms with Crippen molar-refractivity contribution in [1.29, 1.82) is 0 Å². The summed E-state index contributed by atoms with van der Waals surface area (Å²) in [5.74, 6) is 0.0959. The number of rotatable bonds is 5. The Bertz CT molecular complexity index is 187. The molecule has 1 unspecified atom stereocenters. The Hall–Kier alpha value is -0.570. The fourth-order valence-electron chi connectivity index (χ4n) is 1.38. The molecule has 0 spiro atoms. The first-order chi connectivity index (χ1) is 6.08. The van der Waals surface area contributed by atoms with Gasteiger partial charge in [-0.25, -0.2) is 0 Å². The molecule has 0 aromatic heterocycles. The maximum absolute atomic E-state index is 11.1. The van der Waals surface area contributed by atoms with Crippen LogP contribution < -0.4 is 10.6 Å². The molecular weight excluding hydrogens is 164 g/mol. The smallest absolute Gasteiger partial charge is 0.233 e. The van der Waals surface area contributed by atoms with Crippen molar-refractivity contribution in [3.63, 3.8) is 0 Å². The van der Waals surface area contributed by atoms with E-state index in [1.165, 1.54) is 12.8 Å². The van der Waals surface area contributed by atoms with E-state index in [-0.39, 0.29) is 5.91 Å². The van der Waals surface area contributed by atoms with E-state index in [0.717, 1.165) is 0 Å². The minimum absolute atomic E-state index is 0.0959. The Kier molecular flexibility index (Phi) is 3.31. The molecule has 0 radical (unpaired) electrons. The van der Waals surface area contributed by atoms with E-state index in [9.17, 15) is 4.79 Å². The molecule has 0 bridgehead atoms. The van der Waals surface area contributed by atoms with Crippen LogP contribution in [0.15, 0.2) is 0 Å². The number of likely N-dealkylation sites (N-methyl/N-ethyl adjacent to an activating group) is 1. The molecule has 76 valence electrons. The zero-order valence-electron chi connectivity index (χ0n) is 8.81. The molecule has 1 atom stereocenters. The summed E-state index contributed by atoms with van der Waals surface area (Å²) >= 11 is 0. The number of carbonyl (C=O) groups is 1. The molecule has 3 heteroatoms. The lowest BCUT2D eigenvalue weighted by Gasteiger charge is -2.19. The summed E-state index contributed by atoms with van der Waals surface area (Å²) in [4.78, 5) is 11.1. The molecule has 0 aromatic rings. The Morgan fingerprint density at radius 1 is 1.54 bits per heavy atom. The molecule has 1 saturated carbocycles. The highest BCUT2D eigenvalue weighted by Crippen LogP contribution is 2.47. The highest BCUT2D eigenvalue weighted by Gasteiger charge is 2.42. The molecule has 1 rings (SSSR count). The van der Waals surface area contributed by atoms with Crippen LogP contribution in [0.4, 0.5) is 0 Å². The molecule has 0 saturated heterocycles. The van der Waals surface area contributed by atoms with Crippen molar-refractivity contribution in [2.75, 3.05) is 13.1 Å². The third kappa shape index (κ3) is 2.99.